The van der Waals surface area contributed by atoms with Crippen LogP contribution >= 0.6 is 11.3 Å². The number of hydrogen-bond donors (Lipinski definition) is 2. The molecule has 120 valence electrons. The van der Waals surface area contributed by atoms with E-state index in [0.29, 0.717) is 11.0 Å². The Kier molecular flexibility index (Phi) is 3.36. The molecule has 2 amide bonds. The van der Waals surface area contributed by atoms with Crippen molar-refractivity contribution in [1.82, 2.24) is 10.3 Å². The number of nitrogens with zero attached hydrogens (tertiary/aromatic N) is 1. The lowest BCUT2D eigenvalue weighted by Crippen LogP contribution is -2.51. The molecule has 3 fully saturated rings. The van der Waals surface area contributed by atoms with E-state index in [0.717, 1.165) is 17.5 Å². The van der Waals surface area contributed by atoms with E-state index < -0.39 is 18.0 Å². The van der Waals surface area contributed by atoms with Crippen molar-refractivity contribution in [2.24, 2.45) is 11.8 Å². The Hall–Kier alpha value is -1.24. The van der Waals surface area contributed by atoms with E-state index in [1.54, 1.807) is 0 Å². The summed E-state index contributed by atoms with van der Waals surface area (Å²) in [5, 5.41) is 7.81. The van der Waals surface area contributed by atoms with Crippen molar-refractivity contribution in [3.8, 4) is 0 Å². The SMILES string of the molecule is O=C(Nc1nc(C2CC3CCC2C3)cs1)NC1CC(F)(F)C1. The summed E-state index contributed by atoms with van der Waals surface area (Å²) in [5.41, 5.74) is 1.09. The summed E-state index contributed by atoms with van der Waals surface area (Å²) in [6.45, 7) is 0. The molecule has 0 aliphatic heterocycles. The summed E-state index contributed by atoms with van der Waals surface area (Å²) < 4.78 is 25.5. The maximum absolute atomic E-state index is 12.7. The topological polar surface area (TPSA) is 54.0 Å². The molecule has 3 aliphatic carbocycles. The van der Waals surface area contributed by atoms with Crippen molar-refractivity contribution in [2.45, 2.75) is 56.4 Å². The first-order valence-electron chi connectivity index (χ1n) is 7.89. The van der Waals surface area contributed by atoms with E-state index in [1.165, 1.54) is 37.0 Å². The van der Waals surface area contributed by atoms with Crippen LogP contribution in [0.15, 0.2) is 5.38 Å². The molecule has 1 aromatic heterocycles. The number of fused-ring (bicyclic) bond motifs is 2. The molecule has 1 aromatic rings. The van der Waals surface area contributed by atoms with E-state index >= 15 is 0 Å². The number of nitrogens with one attached hydrogen (secondary N) is 2. The third-order valence-corrected chi connectivity index (χ3v) is 6.06. The number of amides is 2. The highest BCUT2D eigenvalue weighted by Gasteiger charge is 2.46. The predicted molar refractivity (Wildman–Crippen MR) is 80.4 cm³/mol. The highest BCUT2D eigenvalue weighted by molar-refractivity contribution is 7.13. The van der Waals surface area contributed by atoms with Gasteiger partial charge in [-0.05, 0) is 31.1 Å². The maximum atomic E-state index is 12.7. The van der Waals surface area contributed by atoms with E-state index in [2.05, 4.69) is 15.6 Å². The lowest BCUT2D eigenvalue weighted by molar-refractivity contribution is -0.0893. The minimum absolute atomic E-state index is 0.269. The molecule has 0 spiro atoms. The number of halogens is 2. The smallest absolute Gasteiger partial charge is 0.321 e. The molecule has 0 aromatic carbocycles. The average molecular weight is 327 g/mol. The molecule has 7 heteroatoms. The number of thiazole rings is 1. The highest BCUT2D eigenvalue weighted by Crippen LogP contribution is 2.53. The van der Waals surface area contributed by atoms with Gasteiger partial charge < -0.3 is 5.32 Å². The quantitative estimate of drug-likeness (QED) is 0.883. The van der Waals surface area contributed by atoms with E-state index in [1.807, 2.05) is 5.38 Å². The molecule has 3 saturated carbocycles. The van der Waals surface area contributed by atoms with Crippen molar-refractivity contribution in [1.29, 1.82) is 0 Å². The number of anilines is 1. The summed E-state index contributed by atoms with van der Waals surface area (Å²) >= 11 is 1.41. The van der Waals surface area contributed by atoms with Crippen molar-refractivity contribution in [3.05, 3.63) is 11.1 Å². The van der Waals surface area contributed by atoms with Gasteiger partial charge in [0.2, 0.25) is 0 Å². The summed E-state index contributed by atoms with van der Waals surface area (Å²) in [7, 11) is 0. The number of rotatable bonds is 3. The van der Waals surface area contributed by atoms with Crippen LogP contribution in [0, 0.1) is 11.8 Å². The molecule has 4 nitrogen and oxygen atoms in total. The Morgan fingerprint density at radius 2 is 2.14 bits per heavy atom. The minimum Gasteiger partial charge on any atom is -0.335 e. The second-order valence-electron chi connectivity index (χ2n) is 6.92. The average Bonchev–Trinajstić information content (AvgIpc) is 3.11. The van der Waals surface area contributed by atoms with Gasteiger partial charge in [-0.3, -0.25) is 5.32 Å². The fraction of sp³-hybridized carbons (Fsp3) is 0.733. The molecule has 1 heterocycles. The van der Waals surface area contributed by atoms with E-state index in [9.17, 15) is 13.6 Å². The Labute approximate surface area is 131 Å². The van der Waals surface area contributed by atoms with Crippen LogP contribution < -0.4 is 10.6 Å². The lowest BCUT2D eigenvalue weighted by Gasteiger charge is -2.35. The molecule has 2 N–H and O–H groups in total. The number of urea groups is 1. The third kappa shape index (κ3) is 2.71. The van der Waals surface area contributed by atoms with Gasteiger partial charge in [-0.15, -0.1) is 11.3 Å². The van der Waals surface area contributed by atoms with Crippen LogP contribution in [0.3, 0.4) is 0 Å². The number of carbonyl (C=O) groups is 1. The zero-order chi connectivity index (χ0) is 15.3. The van der Waals surface area contributed by atoms with Crippen molar-refractivity contribution in [2.75, 3.05) is 5.32 Å². The molecular weight excluding hydrogens is 308 g/mol. The van der Waals surface area contributed by atoms with E-state index in [4.69, 9.17) is 0 Å². The second kappa shape index (κ2) is 5.15. The van der Waals surface area contributed by atoms with Gasteiger partial charge in [-0.1, -0.05) is 6.42 Å². The molecule has 2 bridgehead atoms. The summed E-state index contributed by atoms with van der Waals surface area (Å²) in [6, 6.07) is -0.866. The number of hydrogen-bond acceptors (Lipinski definition) is 3. The van der Waals surface area contributed by atoms with Gasteiger partial charge in [0.15, 0.2) is 5.13 Å². The molecule has 4 rings (SSSR count). The van der Waals surface area contributed by atoms with Crippen LogP contribution in [-0.4, -0.2) is 23.0 Å². The second-order valence-corrected chi connectivity index (χ2v) is 7.78. The van der Waals surface area contributed by atoms with Crippen LogP contribution in [0.4, 0.5) is 18.7 Å². The van der Waals surface area contributed by atoms with Gasteiger partial charge in [0.25, 0.3) is 5.92 Å². The minimum atomic E-state index is -2.62. The van der Waals surface area contributed by atoms with Crippen LogP contribution in [0.2, 0.25) is 0 Å². The maximum Gasteiger partial charge on any atom is 0.321 e. The normalized spacial score (nSPS) is 32.7. The lowest BCUT2D eigenvalue weighted by atomic mass is 9.87. The van der Waals surface area contributed by atoms with Crippen molar-refractivity contribution in [3.63, 3.8) is 0 Å². The van der Waals surface area contributed by atoms with Crippen LogP contribution in [0.25, 0.3) is 0 Å². The van der Waals surface area contributed by atoms with Crippen LogP contribution in [-0.2, 0) is 0 Å². The summed E-state index contributed by atoms with van der Waals surface area (Å²) in [4.78, 5) is 16.3. The van der Waals surface area contributed by atoms with Crippen LogP contribution in [0.1, 0.15) is 50.1 Å². The summed E-state index contributed by atoms with van der Waals surface area (Å²) in [5.74, 6) is -0.463. The molecule has 3 unspecified atom stereocenters. The molecule has 0 radical (unpaired) electrons. The van der Waals surface area contributed by atoms with E-state index in [-0.39, 0.29) is 12.8 Å². The van der Waals surface area contributed by atoms with Crippen molar-refractivity contribution >= 4 is 22.5 Å². The zero-order valence-electron chi connectivity index (χ0n) is 12.1. The van der Waals surface area contributed by atoms with Gasteiger partial charge in [0, 0.05) is 30.2 Å². The van der Waals surface area contributed by atoms with Crippen LogP contribution in [0.5, 0.6) is 0 Å². The summed E-state index contributed by atoms with van der Waals surface area (Å²) in [6.07, 6.45) is 4.65. The zero-order valence-corrected chi connectivity index (χ0v) is 13.0. The number of alkyl halides is 2. The molecule has 3 aliphatic rings. The standard InChI is InChI=1S/C15H19F2N3OS/c16-15(17)5-10(6-15)18-13(21)20-14-19-12(7-22-14)11-4-8-1-2-9(11)3-8/h7-11H,1-6H2,(H2,18,19,20,21). The van der Waals surface area contributed by atoms with Crippen molar-refractivity contribution < 1.29 is 13.6 Å². The van der Waals surface area contributed by atoms with Gasteiger partial charge in [-0.25, -0.2) is 18.6 Å². The van der Waals surface area contributed by atoms with Gasteiger partial charge in [0.05, 0.1) is 5.69 Å². The highest BCUT2D eigenvalue weighted by atomic mass is 32.1. The first kappa shape index (κ1) is 14.4. The fourth-order valence-electron chi connectivity index (χ4n) is 4.20. The first-order valence-corrected chi connectivity index (χ1v) is 8.77. The Balaban J connectivity index is 1.31. The van der Waals surface area contributed by atoms with Gasteiger partial charge in [0.1, 0.15) is 0 Å². The first-order chi connectivity index (χ1) is 10.5. The molecular formula is C15H19F2N3OS. The van der Waals surface area contributed by atoms with Gasteiger partial charge in [-0.2, -0.15) is 0 Å². The largest absolute Gasteiger partial charge is 0.335 e. The number of aromatic nitrogens is 1. The Morgan fingerprint density at radius 1 is 1.32 bits per heavy atom. The Morgan fingerprint density at radius 3 is 2.77 bits per heavy atom. The fourth-order valence-corrected chi connectivity index (χ4v) is 4.97. The predicted octanol–water partition coefficient (Wildman–Crippen LogP) is 3.97. The van der Waals surface area contributed by atoms with Gasteiger partial charge >= 0.3 is 6.03 Å². The molecule has 3 atom stereocenters. The third-order valence-electron chi connectivity index (χ3n) is 5.29. The monoisotopic (exact) mass is 327 g/mol. The number of carbonyl (C=O) groups excluding carboxylic acids is 1. The Bertz CT molecular complexity index is 583. The molecule has 0 saturated heterocycles. The molecule has 22 heavy (non-hydrogen) atoms.